The number of nitrogen functional groups attached to an aromatic ring is 1. The van der Waals surface area contributed by atoms with Gasteiger partial charge in [0.05, 0.1) is 18.4 Å². The molecule has 2 rings (SSSR count). The van der Waals surface area contributed by atoms with Gasteiger partial charge < -0.3 is 15.6 Å². The lowest BCUT2D eigenvalue weighted by atomic mass is 10.0. The number of methoxy groups -OCH3 is 1. The molecule has 4 N–H and O–H groups in total. The van der Waals surface area contributed by atoms with E-state index in [4.69, 9.17) is 5.73 Å². The highest BCUT2D eigenvalue weighted by atomic mass is 32.2. The van der Waals surface area contributed by atoms with Crippen molar-refractivity contribution in [3.63, 3.8) is 0 Å². The van der Waals surface area contributed by atoms with E-state index in [9.17, 15) is 22.9 Å². The molecule has 0 aliphatic carbocycles. The SMILES string of the molecule is COC(=O)c1ccc2cc(O)cc(S(=O)(=O)O)c2c1N. The maximum atomic E-state index is 11.5. The number of anilines is 1. The van der Waals surface area contributed by atoms with E-state index < -0.39 is 21.0 Å². The Morgan fingerprint density at radius 1 is 1.30 bits per heavy atom. The van der Waals surface area contributed by atoms with Crippen molar-refractivity contribution in [1.82, 2.24) is 0 Å². The molecule has 2 aromatic carbocycles. The number of phenols is 1. The Morgan fingerprint density at radius 2 is 1.95 bits per heavy atom. The van der Waals surface area contributed by atoms with Crippen LogP contribution in [0.4, 0.5) is 5.69 Å². The van der Waals surface area contributed by atoms with Crippen molar-refractivity contribution >= 4 is 32.5 Å². The fraction of sp³-hybridized carbons (Fsp3) is 0.0833. The summed E-state index contributed by atoms with van der Waals surface area (Å²) >= 11 is 0. The van der Waals surface area contributed by atoms with Crippen LogP contribution in [-0.2, 0) is 14.9 Å². The normalized spacial score (nSPS) is 11.5. The average Bonchev–Trinajstić information content (AvgIpc) is 2.36. The first-order chi connectivity index (χ1) is 9.25. The molecule has 20 heavy (non-hydrogen) atoms. The van der Waals surface area contributed by atoms with Crippen LogP contribution >= 0.6 is 0 Å². The molecule has 0 amide bonds. The van der Waals surface area contributed by atoms with E-state index in [1.165, 1.54) is 18.2 Å². The monoisotopic (exact) mass is 297 g/mol. The molecule has 0 aliphatic rings. The average molecular weight is 297 g/mol. The molecule has 0 atom stereocenters. The number of hydrogen-bond acceptors (Lipinski definition) is 6. The van der Waals surface area contributed by atoms with Gasteiger partial charge >= 0.3 is 5.97 Å². The van der Waals surface area contributed by atoms with Crippen LogP contribution in [0.5, 0.6) is 5.75 Å². The van der Waals surface area contributed by atoms with E-state index in [1.54, 1.807) is 0 Å². The molecule has 0 fully saturated rings. The first-order valence-corrected chi connectivity index (χ1v) is 6.80. The lowest BCUT2D eigenvalue weighted by molar-refractivity contribution is 0.0602. The summed E-state index contributed by atoms with van der Waals surface area (Å²) < 4.78 is 36.5. The molecule has 0 heterocycles. The van der Waals surface area contributed by atoms with E-state index in [2.05, 4.69) is 4.74 Å². The van der Waals surface area contributed by atoms with E-state index >= 15 is 0 Å². The standard InChI is InChI=1S/C12H11NO6S/c1-19-12(15)8-3-2-6-4-7(14)5-9(20(16,17)18)10(6)11(8)13/h2-5,14H,13H2,1H3,(H,16,17,18). The molecular weight excluding hydrogens is 286 g/mol. The van der Waals surface area contributed by atoms with Gasteiger partial charge in [-0.3, -0.25) is 4.55 Å². The van der Waals surface area contributed by atoms with Gasteiger partial charge in [-0.15, -0.1) is 0 Å². The number of benzene rings is 2. The van der Waals surface area contributed by atoms with Gasteiger partial charge in [-0.2, -0.15) is 8.42 Å². The third kappa shape index (κ3) is 2.26. The number of carbonyl (C=O) groups is 1. The number of ether oxygens (including phenoxy) is 1. The lowest BCUT2D eigenvalue weighted by Gasteiger charge is -2.11. The third-order valence-corrected chi connectivity index (χ3v) is 3.67. The minimum Gasteiger partial charge on any atom is -0.508 e. The Balaban J connectivity index is 2.96. The van der Waals surface area contributed by atoms with Crippen molar-refractivity contribution in [2.24, 2.45) is 0 Å². The van der Waals surface area contributed by atoms with Crippen LogP contribution in [-0.4, -0.2) is 31.2 Å². The molecule has 7 nitrogen and oxygen atoms in total. The second-order valence-corrected chi connectivity index (χ2v) is 5.43. The summed E-state index contributed by atoms with van der Waals surface area (Å²) in [7, 11) is -3.46. The highest BCUT2D eigenvalue weighted by molar-refractivity contribution is 7.86. The third-order valence-electron chi connectivity index (χ3n) is 2.79. The Morgan fingerprint density at radius 3 is 2.50 bits per heavy atom. The number of esters is 1. The molecule has 2 aromatic rings. The zero-order chi connectivity index (χ0) is 15.1. The number of fused-ring (bicyclic) bond motifs is 1. The van der Waals surface area contributed by atoms with Crippen molar-refractivity contribution in [2.75, 3.05) is 12.8 Å². The van der Waals surface area contributed by atoms with Crippen molar-refractivity contribution in [3.05, 3.63) is 29.8 Å². The second-order valence-electron chi connectivity index (χ2n) is 4.04. The lowest BCUT2D eigenvalue weighted by Crippen LogP contribution is -2.08. The van der Waals surface area contributed by atoms with Gasteiger partial charge in [-0.1, -0.05) is 6.07 Å². The molecule has 106 valence electrons. The molecule has 0 aliphatic heterocycles. The van der Waals surface area contributed by atoms with Gasteiger partial charge in [0.25, 0.3) is 10.1 Å². The number of nitrogens with two attached hydrogens (primary N) is 1. The maximum absolute atomic E-state index is 11.5. The summed E-state index contributed by atoms with van der Waals surface area (Å²) in [6.07, 6.45) is 0. The van der Waals surface area contributed by atoms with Crippen LogP contribution in [0.1, 0.15) is 10.4 Å². The molecule has 0 spiro atoms. The summed E-state index contributed by atoms with van der Waals surface area (Å²) in [6.45, 7) is 0. The predicted octanol–water partition coefficient (Wildman–Crippen LogP) is 1.16. The van der Waals surface area contributed by atoms with Crippen molar-refractivity contribution < 1.29 is 27.6 Å². The van der Waals surface area contributed by atoms with Crippen molar-refractivity contribution in [1.29, 1.82) is 0 Å². The quantitative estimate of drug-likeness (QED) is 0.431. The summed E-state index contributed by atoms with van der Waals surface area (Å²) in [5.41, 5.74) is 5.60. The Hall–Kier alpha value is -2.32. The smallest absolute Gasteiger partial charge is 0.339 e. The fourth-order valence-electron chi connectivity index (χ4n) is 1.93. The number of phenolic OH excluding ortho intramolecular Hbond substituents is 1. The molecule has 0 radical (unpaired) electrons. The second kappa shape index (κ2) is 4.66. The molecule has 8 heteroatoms. The number of rotatable bonds is 2. The summed E-state index contributed by atoms with van der Waals surface area (Å²) in [5.74, 6) is -1.09. The zero-order valence-corrected chi connectivity index (χ0v) is 11.1. The van der Waals surface area contributed by atoms with Gasteiger partial charge in [-0.25, -0.2) is 4.79 Å². The number of hydrogen-bond donors (Lipinski definition) is 3. The molecule has 0 bridgehead atoms. The Labute approximate surface area is 114 Å². The molecule has 0 saturated carbocycles. The maximum Gasteiger partial charge on any atom is 0.339 e. The van der Waals surface area contributed by atoms with E-state index in [-0.39, 0.29) is 27.8 Å². The topological polar surface area (TPSA) is 127 Å². The highest BCUT2D eigenvalue weighted by Gasteiger charge is 2.21. The van der Waals surface area contributed by atoms with Crippen LogP contribution in [0.3, 0.4) is 0 Å². The minimum absolute atomic E-state index is 0.0319. The largest absolute Gasteiger partial charge is 0.508 e. The van der Waals surface area contributed by atoms with E-state index in [1.807, 2.05) is 0 Å². The molecular formula is C12H11NO6S. The number of carbonyl (C=O) groups excluding carboxylic acids is 1. The number of aromatic hydroxyl groups is 1. The van der Waals surface area contributed by atoms with E-state index in [0.29, 0.717) is 0 Å². The Kier molecular flexibility index (Phi) is 3.28. The predicted molar refractivity (Wildman–Crippen MR) is 71.2 cm³/mol. The first-order valence-electron chi connectivity index (χ1n) is 5.36. The molecule has 0 saturated heterocycles. The van der Waals surface area contributed by atoms with Gasteiger partial charge in [0.15, 0.2) is 0 Å². The highest BCUT2D eigenvalue weighted by Crippen LogP contribution is 2.34. The zero-order valence-electron chi connectivity index (χ0n) is 10.3. The van der Waals surface area contributed by atoms with Crippen LogP contribution in [0.15, 0.2) is 29.2 Å². The summed E-state index contributed by atoms with van der Waals surface area (Å²) in [4.78, 5) is 11.0. The summed E-state index contributed by atoms with van der Waals surface area (Å²) in [6, 6.07) is 4.86. The van der Waals surface area contributed by atoms with Gasteiger partial charge in [0, 0.05) is 11.5 Å². The first kappa shape index (κ1) is 14.1. The van der Waals surface area contributed by atoms with Crippen molar-refractivity contribution in [2.45, 2.75) is 4.90 Å². The van der Waals surface area contributed by atoms with Crippen molar-refractivity contribution in [3.8, 4) is 5.75 Å². The van der Waals surface area contributed by atoms with Crippen LogP contribution in [0, 0.1) is 0 Å². The van der Waals surface area contributed by atoms with Crippen LogP contribution < -0.4 is 5.73 Å². The minimum atomic E-state index is -4.62. The molecule has 0 unspecified atom stereocenters. The Bertz CT molecular complexity index is 812. The van der Waals surface area contributed by atoms with Gasteiger partial charge in [-0.05, 0) is 17.5 Å². The van der Waals surface area contributed by atoms with Crippen LogP contribution in [0.25, 0.3) is 10.8 Å². The molecule has 0 aromatic heterocycles. The van der Waals surface area contributed by atoms with E-state index in [0.717, 1.165) is 13.2 Å². The van der Waals surface area contributed by atoms with Gasteiger partial charge in [0.1, 0.15) is 10.6 Å². The van der Waals surface area contributed by atoms with Crippen LogP contribution in [0.2, 0.25) is 0 Å². The summed E-state index contributed by atoms with van der Waals surface area (Å²) in [5, 5.41) is 9.70. The van der Waals surface area contributed by atoms with Gasteiger partial charge in [0.2, 0.25) is 0 Å². The fourth-order valence-corrected chi connectivity index (χ4v) is 2.69.